The van der Waals surface area contributed by atoms with E-state index >= 15 is 0 Å². The molecule has 1 fully saturated rings. The normalized spacial score (nSPS) is 18.4. The number of carbonyl (C=O) groups excluding carboxylic acids is 1. The lowest BCUT2D eigenvalue weighted by atomic mass is 10.0. The van der Waals surface area contributed by atoms with E-state index in [1.165, 1.54) is 4.90 Å². The molecule has 1 amide bonds. The van der Waals surface area contributed by atoms with Gasteiger partial charge in [-0.05, 0) is 31.0 Å². The number of ether oxygens (including phenoxy) is 1. The van der Waals surface area contributed by atoms with Gasteiger partial charge in [0.25, 0.3) is 0 Å². The summed E-state index contributed by atoms with van der Waals surface area (Å²) in [6, 6.07) is 8.28. The van der Waals surface area contributed by atoms with Gasteiger partial charge in [0, 0.05) is 24.7 Å². The molecule has 2 aliphatic heterocycles. The van der Waals surface area contributed by atoms with E-state index in [2.05, 4.69) is 0 Å². The summed E-state index contributed by atoms with van der Waals surface area (Å²) >= 11 is 0. The Kier molecular flexibility index (Phi) is 4.99. The summed E-state index contributed by atoms with van der Waals surface area (Å²) in [6.07, 6.45) is 0.0683. The molecule has 0 unspecified atom stereocenters. The first-order valence-corrected chi connectivity index (χ1v) is 10.4. The number of halogens is 3. The van der Waals surface area contributed by atoms with E-state index in [0.29, 0.717) is 12.1 Å². The molecular weight excluding hydrogens is 409 g/mol. The average molecular weight is 426 g/mol. The van der Waals surface area contributed by atoms with Crippen molar-refractivity contribution < 1.29 is 31.1 Å². The first-order chi connectivity index (χ1) is 13.8. The highest BCUT2D eigenvalue weighted by atomic mass is 32.2. The second-order valence-corrected chi connectivity index (χ2v) is 8.77. The Balaban J connectivity index is 1.54. The van der Waals surface area contributed by atoms with Crippen LogP contribution >= 0.6 is 0 Å². The van der Waals surface area contributed by atoms with Crippen LogP contribution in [0.3, 0.4) is 0 Å². The summed E-state index contributed by atoms with van der Waals surface area (Å²) in [6.45, 7) is 0.170. The Morgan fingerprint density at radius 3 is 2.38 bits per heavy atom. The van der Waals surface area contributed by atoms with E-state index in [1.807, 2.05) is 12.1 Å². The van der Waals surface area contributed by atoms with Crippen molar-refractivity contribution in [1.29, 1.82) is 0 Å². The van der Waals surface area contributed by atoms with Gasteiger partial charge in [-0.2, -0.15) is 4.31 Å². The molecule has 6 nitrogen and oxygen atoms in total. The van der Waals surface area contributed by atoms with Crippen LogP contribution in [-0.4, -0.2) is 37.9 Å². The average Bonchev–Trinajstić information content (AvgIpc) is 2.72. The van der Waals surface area contributed by atoms with E-state index in [9.17, 15) is 26.4 Å². The maximum absolute atomic E-state index is 14.0. The van der Waals surface area contributed by atoms with Gasteiger partial charge in [0.1, 0.15) is 11.5 Å². The monoisotopic (exact) mass is 426 g/mol. The molecule has 0 spiro atoms. The molecule has 0 N–H and O–H groups in total. The van der Waals surface area contributed by atoms with Crippen LogP contribution in [0.5, 0.6) is 0 Å². The predicted molar refractivity (Wildman–Crippen MR) is 97.2 cm³/mol. The van der Waals surface area contributed by atoms with Gasteiger partial charge in [0.15, 0.2) is 17.5 Å². The van der Waals surface area contributed by atoms with Crippen LogP contribution in [-0.2, 0) is 21.4 Å². The van der Waals surface area contributed by atoms with Crippen molar-refractivity contribution in [2.75, 3.05) is 18.0 Å². The molecule has 2 aliphatic rings. The standard InChI is InChI=1S/C19H17F3N2O4S/c20-14-5-6-16(18(22)17(14)21)29(26,27)23-9-7-13(8-10-23)24-15-4-2-1-3-12(15)11-28-19(24)25/h1-6,13H,7-11H2. The molecule has 0 bridgehead atoms. The molecule has 0 atom stereocenters. The minimum atomic E-state index is -4.34. The van der Waals surface area contributed by atoms with Crippen LogP contribution in [0.15, 0.2) is 41.3 Å². The van der Waals surface area contributed by atoms with Crippen molar-refractivity contribution in [2.45, 2.75) is 30.4 Å². The Morgan fingerprint density at radius 1 is 0.966 bits per heavy atom. The molecule has 29 heavy (non-hydrogen) atoms. The Bertz CT molecular complexity index is 1070. The number of nitrogens with zero attached hydrogens (tertiary/aromatic N) is 2. The number of rotatable bonds is 3. The quantitative estimate of drug-likeness (QED) is 0.706. The highest BCUT2D eigenvalue weighted by Gasteiger charge is 2.38. The molecule has 0 saturated carbocycles. The fraction of sp³-hybridized carbons (Fsp3) is 0.316. The van der Waals surface area contributed by atoms with Crippen LogP contribution in [0.25, 0.3) is 0 Å². The van der Waals surface area contributed by atoms with Crippen molar-refractivity contribution >= 4 is 21.8 Å². The zero-order chi connectivity index (χ0) is 20.8. The minimum Gasteiger partial charge on any atom is -0.444 e. The first-order valence-electron chi connectivity index (χ1n) is 8.98. The van der Waals surface area contributed by atoms with Crippen LogP contribution in [0.1, 0.15) is 18.4 Å². The number of hydrogen-bond donors (Lipinski definition) is 0. The highest BCUT2D eigenvalue weighted by molar-refractivity contribution is 7.89. The summed E-state index contributed by atoms with van der Waals surface area (Å²) in [5, 5.41) is 0. The fourth-order valence-electron chi connectivity index (χ4n) is 3.71. The molecule has 0 aliphatic carbocycles. The van der Waals surface area contributed by atoms with Crippen molar-refractivity contribution in [3.05, 3.63) is 59.4 Å². The summed E-state index contributed by atoms with van der Waals surface area (Å²) in [5.41, 5.74) is 1.57. The van der Waals surface area contributed by atoms with Gasteiger partial charge in [-0.15, -0.1) is 0 Å². The number of sulfonamides is 1. The number of amides is 1. The second-order valence-electron chi connectivity index (χ2n) is 6.86. The summed E-state index contributed by atoms with van der Waals surface area (Å²) in [7, 11) is -4.34. The lowest BCUT2D eigenvalue weighted by Crippen LogP contribution is -2.50. The number of hydrogen-bond acceptors (Lipinski definition) is 4. The second kappa shape index (κ2) is 7.34. The third-order valence-electron chi connectivity index (χ3n) is 5.21. The molecule has 2 aromatic rings. The molecular formula is C19H17F3N2O4S. The Labute approximate surface area is 165 Å². The van der Waals surface area contributed by atoms with E-state index in [4.69, 9.17) is 4.74 Å². The third-order valence-corrected chi connectivity index (χ3v) is 7.12. The molecule has 0 radical (unpaired) electrons. The van der Waals surface area contributed by atoms with Crippen LogP contribution < -0.4 is 4.90 Å². The topological polar surface area (TPSA) is 66.9 Å². The summed E-state index contributed by atoms with van der Waals surface area (Å²) in [5.74, 6) is -5.02. The number of anilines is 1. The minimum absolute atomic E-state index is 0.00260. The van der Waals surface area contributed by atoms with Gasteiger partial charge in [-0.1, -0.05) is 18.2 Å². The highest BCUT2D eigenvalue weighted by Crippen LogP contribution is 2.33. The molecule has 2 heterocycles. The van der Waals surface area contributed by atoms with Crippen molar-refractivity contribution in [2.24, 2.45) is 0 Å². The summed E-state index contributed by atoms with van der Waals surface area (Å²) < 4.78 is 72.3. The zero-order valence-electron chi connectivity index (χ0n) is 15.1. The molecule has 4 rings (SSSR count). The SMILES string of the molecule is O=C1OCc2ccccc2N1C1CCN(S(=O)(=O)c2ccc(F)c(F)c2F)CC1. The number of fused-ring (bicyclic) bond motifs is 1. The molecule has 1 saturated heterocycles. The first kappa shape index (κ1) is 19.7. The Hall–Kier alpha value is -2.59. The van der Waals surface area contributed by atoms with E-state index in [0.717, 1.165) is 15.6 Å². The van der Waals surface area contributed by atoms with Gasteiger partial charge in [-0.3, -0.25) is 4.90 Å². The number of para-hydroxylation sites is 1. The van der Waals surface area contributed by atoms with Gasteiger partial charge in [-0.25, -0.2) is 26.4 Å². The number of benzene rings is 2. The van der Waals surface area contributed by atoms with E-state index < -0.39 is 38.5 Å². The van der Waals surface area contributed by atoms with E-state index in [1.54, 1.807) is 12.1 Å². The molecule has 0 aromatic heterocycles. The fourth-order valence-corrected chi connectivity index (χ4v) is 5.23. The van der Waals surface area contributed by atoms with Crippen molar-refractivity contribution in [1.82, 2.24) is 4.31 Å². The van der Waals surface area contributed by atoms with Crippen LogP contribution in [0.4, 0.5) is 23.7 Å². The Morgan fingerprint density at radius 2 is 1.66 bits per heavy atom. The maximum Gasteiger partial charge on any atom is 0.414 e. The number of piperidine rings is 1. The van der Waals surface area contributed by atoms with Gasteiger partial charge in [0.2, 0.25) is 10.0 Å². The van der Waals surface area contributed by atoms with Crippen molar-refractivity contribution in [3.63, 3.8) is 0 Å². The lowest BCUT2D eigenvalue weighted by molar-refractivity contribution is 0.136. The van der Waals surface area contributed by atoms with Gasteiger partial charge < -0.3 is 4.74 Å². The molecule has 10 heteroatoms. The third kappa shape index (κ3) is 3.36. The van der Waals surface area contributed by atoms with Gasteiger partial charge in [0.05, 0.1) is 5.69 Å². The van der Waals surface area contributed by atoms with Crippen LogP contribution in [0, 0.1) is 17.5 Å². The largest absolute Gasteiger partial charge is 0.444 e. The lowest BCUT2D eigenvalue weighted by Gasteiger charge is -2.39. The van der Waals surface area contributed by atoms with Crippen molar-refractivity contribution in [3.8, 4) is 0 Å². The maximum atomic E-state index is 14.0. The predicted octanol–water partition coefficient (Wildman–Crippen LogP) is 3.41. The summed E-state index contributed by atoms with van der Waals surface area (Å²) in [4.78, 5) is 12.9. The smallest absolute Gasteiger partial charge is 0.414 e. The molecule has 154 valence electrons. The van der Waals surface area contributed by atoms with E-state index in [-0.39, 0.29) is 38.6 Å². The zero-order valence-corrected chi connectivity index (χ0v) is 16.0. The number of carbonyl (C=O) groups is 1. The van der Waals surface area contributed by atoms with Crippen LogP contribution in [0.2, 0.25) is 0 Å². The molecule has 2 aromatic carbocycles. The van der Waals surface area contributed by atoms with Gasteiger partial charge >= 0.3 is 6.09 Å². The number of cyclic esters (lactones) is 1.